The van der Waals surface area contributed by atoms with Gasteiger partial charge in [0.15, 0.2) is 11.6 Å². The molecule has 0 saturated carbocycles. The van der Waals surface area contributed by atoms with Gasteiger partial charge in [-0.3, -0.25) is 0 Å². The zero-order chi connectivity index (χ0) is 22.4. The number of hydrogen-bond acceptors (Lipinski definition) is 4. The Morgan fingerprint density at radius 1 is 1.13 bits per heavy atom. The lowest BCUT2D eigenvalue weighted by molar-refractivity contribution is -0.108. The fourth-order valence-corrected chi connectivity index (χ4v) is 3.49. The van der Waals surface area contributed by atoms with Gasteiger partial charge in [-0.2, -0.15) is 5.26 Å². The topological polar surface area (TPSA) is 59.3 Å². The number of halogens is 3. The standard InChI is InChI=1S/C24H18ClF2NO3/c1-30-9-10-31-22-8-7-16(13-28)23(24(22)27)18-11-17(21(26)12-20(18)25)19(14-29)15-5-3-2-4-6-15/h2-8,11-12,14,19H,9-10H2,1H3. The van der Waals surface area contributed by atoms with E-state index >= 15 is 4.39 Å². The van der Waals surface area contributed by atoms with Crippen molar-refractivity contribution in [2.24, 2.45) is 0 Å². The molecule has 0 aliphatic heterocycles. The van der Waals surface area contributed by atoms with Crippen LogP contribution in [0.1, 0.15) is 22.6 Å². The van der Waals surface area contributed by atoms with Gasteiger partial charge in [0.25, 0.3) is 0 Å². The average Bonchev–Trinajstić information content (AvgIpc) is 2.78. The van der Waals surface area contributed by atoms with Crippen LogP contribution in [-0.4, -0.2) is 26.6 Å². The molecule has 4 nitrogen and oxygen atoms in total. The van der Waals surface area contributed by atoms with Gasteiger partial charge in [-0.1, -0.05) is 41.9 Å². The number of ether oxygens (including phenoxy) is 2. The number of methoxy groups -OCH3 is 1. The van der Waals surface area contributed by atoms with Gasteiger partial charge >= 0.3 is 0 Å². The minimum Gasteiger partial charge on any atom is -0.488 e. The third-order valence-electron chi connectivity index (χ3n) is 4.76. The van der Waals surface area contributed by atoms with Crippen molar-refractivity contribution in [1.82, 2.24) is 0 Å². The van der Waals surface area contributed by atoms with Gasteiger partial charge in [-0.05, 0) is 29.8 Å². The third kappa shape index (κ3) is 4.74. The number of nitrogens with zero attached hydrogens (tertiary/aromatic N) is 1. The van der Waals surface area contributed by atoms with E-state index in [4.69, 9.17) is 21.1 Å². The molecule has 0 aliphatic carbocycles. The van der Waals surface area contributed by atoms with Crippen LogP contribution in [0.3, 0.4) is 0 Å². The lowest BCUT2D eigenvalue weighted by atomic mass is 9.89. The average molecular weight is 442 g/mol. The first-order chi connectivity index (χ1) is 15.0. The largest absolute Gasteiger partial charge is 0.488 e. The molecule has 0 fully saturated rings. The molecule has 3 aromatic rings. The summed E-state index contributed by atoms with van der Waals surface area (Å²) >= 11 is 6.24. The third-order valence-corrected chi connectivity index (χ3v) is 5.07. The van der Waals surface area contributed by atoms with Crippen molar-refractivity contribution in [3.8, 4) is 22.9 Å². The van der Waals surface area contributed by atoms with E-state index < -0.39 is 17.6 Å². The maximum absolute atomic E-state index is 15.3. The summed E-state index contributed by atoms with van der Waals surface area (Å²) in [7, 11) is 1.49. The molecule has 7 heteroatoms. The number of carbonyl (C=O) groups is 1. The van der Waals surface area contributed by atoms with Crippen LogP contribution in [0.15, 0.2) is 54.6 Å². The second-order valence-electron chi connectivity index (χ2n) is 6.63. The number of nitriles is 1. The molecule has 0 radical (unpaired) electrons. The van der Waals surface area contributed by atoms with Crippen molar-refractivity contribution in [1.29, 1.82) is 5.26 Å². The quantitative estimate of drug-likeness (QED) is 0.341. The van der Waals surface area contributed by atoms with E-state index in [1.807, 2.05) is 6.07 Å². The Morgan fingerprint density at radius 3 is 2.52 bits per heavy atom. The fraction of sp³-hybridized carbons (Fsp3) is 0.167. The Kier molecular flexibility index (Phi) is 7.35. The van der Waals surface area contributed by atoms with Gasteiger partial charge < -0.3 is 14.3 Å². The highest BCUT2D eigenvalue weighted by Gasteiger charge is 2.24. The Bertz CT molecular complexity index is 1130. The van der Waals surface area contributed by atoms with Crippen LogP contribution in [0.25, 0.3) is 11.1 Å². The second kappa shape index (κ2) is 10.2. The molecule has 31 heavy (non-hydrogen) atoms. The number of carbonyl (C=O) groups excluding carboxylic acids is 1. The molecule has 158 valence electrons. The van der Waals surface area contributed by atoms with E-state index in [-0.39, 0.29) is 46.2 Å². The predicted octanol–water partition coefficient (Wildman–Crippen LogP) is 5.51. The minimum atomic E-state index is -0.924. The Hall–Kier alpha value is -3.27. The first-order valence-electron chi connectivity index (χ1n) is 9.35. The van der Waals surface area contributed by atoms with E-state index in [0.29, 0.717) is 11.8 Å². The molecule has 0 bridgehead atoms. The van der Waals surface area contributed by atoms with Crippen molar-refractivity contribution < 1.29 is 23.0 Å². The molecular formula is C24H18ClF2NO3. The molecule has 0 saturated heterocycles. The van der Waals surface area contributed by atoms with Crippen LogP contribution in [0, 0.1) is 23.0 Å². The van der Waals surface area contributed by atoms with Gasteiger partial charge in [0, 0.05) is 23.8 Å². The monoisotopic (exact) mass is 441 g/mol. The van der Waals surface area contributed by atoms with Crippen LogP contribution in [-0.2, 0) is 9.53 Å². The van der Waals surface area contributed by atoms with Gasteiger partial charge in [0.2, 0.25) is 0 Å². The van der Waals surface area contributed by atoms with E-state index in [1.54, 1.807) is 30.3 Å². The normalized spacial score (nSPS) is 11.6. The number of rotatable bonds is 8. The van der Waals surface area contributed by atoms with Crippen molar-refractivity contribution in [2.45, 2.75) is 5.92 Å². The van der Waals surface area contributed by atoms with E-state index in [0.717, 1.165) is 6.07 Å². The molecule has 0 aliphatic rings. The summed E-state index contributed by atoms with van der Waals surface area (Å²) in [4.78, 5) is 11.8. The highest BCUT2D eigenvalue weighted by molar-refractivity contribution is 6.33. The summed E-state index contributed by atoms with van der Waals surface area (Å²) in [6, 6.07) is 15.6. The first kappa shape index (κ1) is 22.4. The summed E-state index contributed by atoms with van der Waals surface area (Å²) in [6.45, 7) is 0.344. The van der Waals surface area contributed by atoms with Crippen molar-refractivity contribution in [2.75, 3.05) is 20.3 Å². The van der Waals surface area contributed by atoms with Gasteiger partial charge in [0.1, 0.15) is 18.7 Å². The number of aldehydes is 1. The zero-order valence-corrected chi connectivity index (χ0v) is 17.3. The summed E-state index contributed by atoms with van der Waals surface area (Å²) in [5.74, 6) is -2.53. The lowest BCUT2D eigenvalue weighted by Gasteiger charge is -2.17. The predicted molar refractivity (Wildman–Crippen MR) is 113 cm³/mol. The van der Waals surface area contributed by atoms with Crippen LogP contribution in [0.5, 0.6) is 5.75 Å². The molecule has 3 aromatic carbocycles. The summed E-state index contributed by atoms with van der Waals surface area (Å²) < 4.78 is 40.4. The molecule has 0 spiro atoms. The maximum Gasteiger partial charge on any atom is 0.174 e. The number of hydrogen-bond donors (Lipinski definition) is 0. The fourth-order valence-electron chi connectivity index (χ4n) is 3.25. The maximum atomic E-state index is 15.3. The number of benzene rings is 3. The van der Waals surface area contributed by atoms with Crippen molar-refractivity contribution in [3.05, 3.63) is 87.9 Å². The summed E-state index contributed by atoms with van der Waals surface area (Å²) in [5.41, 5.74) is 0.559. The van der Waals surface area contributed by atoms with Crippen LogP contribution < -0.4 is 4.74 Å². The molecule has 0 N–H and O–H groups in total. The van der Waals surface area contributed by atoms with Gasteiger partial charge in [-0.15, -0.1) is 0 Å². The van der Waals surface area contributed by atoms with Crippen LogP contribution in [0.2, 0.25) is 5.02 Å². The molecule has 3 rings (SSSR count). The molecule has 0 amide bonds. The van der Waals surface area contributed by atoms with Gasteiger partial charge in [-0.25, -0.2) is 8.78 Å². The first-order valence-corrected chi connectivity index (χ1v) is 9.73. The van der Waals surface area contributed by atoms with E-state index in [9.17, 15) is 14.4 Å². The Labute approximate surface area is 183 Å². The smallest absolute Gasteiger partial charge is 0.174 e. The molecule has 0 aromatic heterocycles. The summed E-state index contributed by atoms with van der Waals surface area (Å²) in [6.07, 6.45) is 0.608. The van der Waals surface area contributed by atoms with E-state index in [2.05, 4.69) is 0 Å². The molecule has 1 atom stereocenters. The van der Waals surface area contributed by atoms with Crippen LogP contribution >= 0.6 is 11.6 Å². The molecule has 0 heterocycles. The second-order valence-corrected chi connectivity index (χ2v) is 7.04. The minimum absolute atomic E-state index is 0.00147. The van der Waals surface area contributed by atoms with Crippen molar-refractivity contribution >= 4 is 17.9 Å². The summed E-state index contributed by atoms with van der Waals surface area (Å²) in [5, 5.41) is 9.41. The molecular weight excluding hydrogens is 424 g/mol. The van der Waals surface area contributed by atoms with Crippen molar-refractivity contribution in [3.63, 3.8) is 0 Å². The lowest BCUT2D eigenvalue weighted by Crippen LogP contribution is -2.08. The Morgan fingerprint density at radius 2 is 1.87 bits per heavy atom. The SMILES string of the molecule is COCCOc1ccc(C#N)c(-c2cc(C(C=O)c3ccccc3)c(F)cc2Cl)c1F. The highest BCUT2D eigenvalue weighted by atomic mass is 35.5. The highest BCUT2D eigenvalue weighted by Crippen LogP contribution is 2.39. The van der Waals surface area contributed by atoms with Gasteiger partial charge in [0.05, 0.1) is 29.2 Å². The Balaban J connectivity index is 2.17. The zero-order valence-electron chi connectivity index (χ0n) is 16.6. The van der Waals surface area contributed by atoms with E-state index in [1.165, 1.54) is 25.3 Å². The molecule has 1 unspecified atom stereocenters. The van der Waals surface area contributed by atoms with Crippen LogP contribution in [0.4, 0.5) is 8.78 Å².